The molecule has 1 aromatic carbocycles. The first-order valence-corrected chi connectivity index (χ1v) is 6.98. The van der Waals surface area contributed by atoms with E-state index in [9.17, 15) is 14.4 Å². The molecule has 1 saturated heterocycles. The molecule has 1 aliphatic rings. The van der Waals surface area contributed by atoms with Gasteiger partial charge < -0.3 is 10.4 Å². The van der Waals surface area contributed by atoms with Gasteiger partial charge in [0.1, 0.15) is 11.0 Å². The molecule has 2 rings (SSSR count). The van der Waals surface area contributed by atoms with Gasteiger partial charge in [-0.3, -0.25) is 19.7 Å². The highest BCUT2D eigenvalue weighted by Crippen LogP contribution is 2.21. The van der Waals surface area contributed by atoms with Gasteiger partial charge in [0.15, 0.2) is 0 Å². The van der Waals surface area contributed by atoms with Crippen LogP contribution in [0.2, 0.25) is 0 Å². The van der Waals surface area contributed by atoms with E-state index in [0.717, 1.165) is 17.3 Å². The van der Waals surface area contributed by atoms with Crippen molar-refractivity contribution in [2.24, 2.45) is 0 Å². The minimum absolute atomic E-state index is 0.00216. The Morgan fingerprint density at radius 1 is 1.30 bits per heavy atom. The van der Waals surface area contributed by atoms with Gasteiger partial charge in [-0.05, 0) is 24.1 Å². The number of thioether (sulfide) groups is 1. The molecule has 0 aliphatic carbocycles. The number of benzene rings is 1. The van der Waals surface area contributed by atoms with Gasteiger partial charge >= 0.3 is 0 Å². The Balaban J connectivity index is 1.71. The van der Waals surface area contributed by atoms with Crippen molar-refractivity contribution in [2.45, 2.75) is 18.1 Å². The summed E-state index contributed by atoms with van der Waals surface area (Å²) < 4.78 is 0. The molecule has 0 bridgehead atoms. The highest BCUT2D eigenvalue weighted by Gasteiger charge is 2.32. The number of hydrogen-bond acceptors (Lipinski definition) is 5. The van der Waals surface area contributed by atoms with Crippen LogP contribution >= 0.6 is 11.8 Å². The third-order valence-electron chi connectivity index (χ3n) is 2.81. The molecule has 1 fully saturated rings. The standard InChI is InChI=1S/C13H14N2O4S/c16-9-3-1-8(2-4-9)5-6-14-11(17)7-10-12(18)15-13(19)20-10/h1-4,10,16H,5-7H2,(H,14,17)(H,15,18,19). The molecule has 6 nitrogen and oxygen atoms in total. The van der Waals surface area contributed by atoms with Crippen molar-refractivity contribution in [3.8, 4) is 5.75 Å². The molecule has 3 amide bonds. The van der Waals surface area contributed by atoms with Crippen LogP contribution < -0.4 is 10.6 Å². The Morgan fingerprint density at radius 2 is 2.00 bits per heavy atom. The van der Waals surface area contributed by atoms with Crippen LogP contribution in [-0.4, -0.2) is 34.0 Å². The van der Waals surface area contributed by atoms with E-state index in [4.69, 9.17) is 5.11 Å². The molecule has 1 unspecified atom stereocenters. The molecule has 106 valence electrons. The van der Waals surface area contributed by atoms with Crippen LogP contribution in [0.4, 0.5) is 4.79 Å². The van der Waals surface area contributed by atoms with Gasteiger partial charge in [-0.1, -0.05) is 23.9 Å². The van der Waals surface area contributed by atoms with E-state index >= 15 is 0 Å². The Morgan fingerprint density at radius 3 is 2.60 bits per heavy atom. The molecule has 1 heterocycles. The summed E-state index contributed by atoms with van der Waals surface area (Å²) >= 11 is 0.845. The van der Waals surface area contributed by atoms with Gasteiger partial charge in [0.2, 0.25) is 11.8 Å². The van der Waals surface area contributed by atoms with Gasteiger partial charge in [0.25, 0.3) is 5.24 Å². The maximum atomic E-state index is 11.6. The van der Waals surface area contributed by atoms with E-state index in [1.165, 1.54) is 0 Å². The number of aromatic hydroxyl groups is 1. The Kier molecular flexibility index (Phi) is 4.62. The van der Waals surface area contributed by atoms with Crippen molar-refractivity contribution in [1.82, 2.24) is 10.6 Å². The highest BCUT2D eigenvalue weighted by molar-refractivity contribution is 8.15. The second-order valence-corrected chi connectivity index (χ2v) is 5.53. The SMILES string of the molecule is O=C(CC1SC(=O)NC1=O)NCCc1ccc(O)cc1. The Hall–Kier alpha value is -2.02. The minimum Gasteiger partial charge on any atom is -0.508 e. The van der Waals surface area contributed by atoms with Gasteiger partial charge in [0, 0.05) is 13.0 Å². The summed E-state index contributed by atoms with van der Waals surface area (Å²) in [6.45, 7) is 0.441. The number of phenolic OH excluding ortho intramolecular Hbond substituents is 1. The zero-order valence-corrected chi connectivity index (χ0v) is 11.4. The van der Waals surface area contributed by atoms with E-state index in [1.54, 1.807) is 24.3 Å². The summed E-state index contributed by atoms with van der Waals surface area (Å²) in [7, 11) is 0. The lowest BCUT2D eigenvalue weighted by atomic mass is 10.1. The minimum atomic E-state index is -0.629. The predicted octanol–water partition coefficient (Wildman–Crippen LogP) is 0.793. The van der Waals surface area contributed by atoms with Crippen molar-refractivity contribution in [3.05, 3.63) is 29.8 Å². The third-order valence-corrected chi connectivity index (χ3v) is 3.79. The van der Waals surface area contributed by atoms with E-state index in [-0.39, 0.29) is 18.1 Å². The van der Waals surface area contributed by atoms with E-state index in [0.29, 0.717) is 13.0 Å². The van der Waals surface area contributed by atoms with Gasteiger partial charge in [-0.25, -0.2) is 0 Å². The zero-order chi connectivity index (χ0) is 14.5. The molecule has 0 aromatic heterocycles. The van der Waals surface area contributed by atoms with Crippen LogP contribution in [0.25, 0.3) is 0 Å². The maximum Gasteiger partial charge on any atom is 0.286 e. The first kappa shape index (κ1) is 14.4. The molecule has 20 heavy (non-hydrogen) atoms. The second-order valence-electron chi connectivity index (χ2n) is 4.35. The highest BCUT2D eigenvalue weighted by atomic mass is 32.2. The molecular formula is C13H14N2O4S. The van der Waals surface area contributed by atoms with Crippen molar-refractivity contribution in [1.29, 1.82) is 0 Å². The van der Waals surface area contributed by atoms with E-state index < -0.39 is 16.4 Å². The predicted molar refractivity (Wildman–Crippen MR) is 74.4 cm³/mol. The van der Waals surface area contributed by atoms with Crippen molar-refractivity contribution in [2.75, 3.05) is 6.54 Å². The molecule has 1 atom stereocenters. The number of imide groups is 1. The van der Waals surface area contributed by atoms with Crippen LogP contribution in [0, 0.1) is 0 Å². The second kappa shape index (κ2) is 6.42. The van der Waals surface area contributed by atoms with Crippen LogP contribution in [0.5, 0.6) is 5.75 Å². The molecule has 7 heteroatoms. The summed E-state index contributed by atoms with van der Waals surface area (Å²) in [4.78, 5) is 33.9. The van der Waals surface area contributed by atoms with Crippen molar-refractivity contribution < 1.29 is 19.5 Å². The lowest BCUT2D eigenvalue weighted by Crippen LogP contribution is -2.32. The molecule has 1 aliphatic heterocycles. The molecular weight excluding hydrogens is 280 g/mol. The van der Waals surface area contributed by atoms with Crippen LogP contribution in [0.3, 0.4) is 0 Å². The lowest BCUT2D eigenvalue weighted by molar-refractivity contribution is -0.125. The van der Waals surface area contributed by atoms with Crippen LogP contribution in [0.15, 0.2) is 24.3 Å². The molecule has 0 spiro atoms. The van der Waals surface area contributed by atoms with Crippen molar-refractivity contribution in [3.63, 3.8) is 0 Å². The van der Waals surface area contributed by atoms with Crippen molar-refractivity contribution >= 4 is 28.8 Å². The first-order chi connectivity index (χ1) is 9.54. The number of carbonyl (C=O) groups is 3. The normalized spacial score (nSPS) is 17.9. The summed E-state index contributed by atoms with van der Waals surface area (Å²) in [5, 5.41) is 12.9. The summed E-state index contributed by atoms with van der Waals surface area (Å²) in [5.41, 5.74) is 0.992. The van der Waals surface area contributed by atoms with Crippen LogP contribution in [0.1, 0.15) is 12.0 Å². The van der Waals surface area contributed by atoms with Gasteiger partial charge in [-0.2, -0.15) is 0 Å². The fraction of sp³-hybridized carbons (Fsp3) is 0.308. The quantitative estimate of drug-likeness (QED) is 0.746. The number of phenols is 1. The molecule has 3 N–H and O–H groups in total. The fourth-order valence-electron chi connectivity index (χ4n) is 1.78. The Labute approximate surface area is 119 Å². The topological polar surface area (TPSA) is 95.5 Å². The van der Waals surface area contributed by atoms with E-state index in [1.807, 2.05) is 0 Å². The van der Waals surface area contributed by atoms with Crippen LogP contribution in [-0.2, 0) is 16.0 Å². The molecule has 1 aromatic rings. The lowest BCUT2D eigenvalue weighted by Gasteiger charge is -2.07. The number of carbonyl (C=O) groups excluding carboxylic acids is 3. The summed E-state index contributed by atoms with van der Waals surface area (Å²) in [6, 6.07) is 6.73. The number of hydrogen-bond donors (Lipinski definition) is 3. The number of amides is 3. The zero-order valence-electron chi connectivity index (χ0n) is 10.6. The average Bonchev–Trinajstić information content (AvgIpc) is 2.70. The van der Waals surface area contributed by atoms with E-state index in [2.05, 4.69) is 10.6 Å². The molecule has 0 radical (unpaired) electrons. The number of rotatable bonds is 5. The summed E-state index contributed by atoms with van der Waals surface area (Å²) in [6.07, 6.45) is 0.632. The Bertz CT molecular complexity index is 530. The average molecular weight is 294 g/mol. The molecule has 0 saturated carbocycles. The summed E-state index contributed by atoms with van der Waals surface area (Å²) in [5.74, 6) is -0.466. The smallest absolute Gasteiger partial charge is 0.286 e. The van der Waals surface area contributed by atoms with Gasteiger partial charge in [-0.15, -0.1) is 0 Å². The number of nitrogens with one attached hydrogen (secondary N) is 2. The first-order valence-electron chi connectivity index (χ1n) is 6.10. The van der Waals surface area contributed by atoms with Gasteiger partial charge in [0.05, 0.1) is 0 Å². The largest absolute Gasteiger partial charge is 0.508 e. The maximum absolute atomic E-state index is 11.6. The fourth-order valence-corrected chi connectivity index (χ4v) is 2.60. The third kappa shape index (κ3) is 3.99. The monoisotopic (exact) mass is 294 g/mol.